The minimum absolute atomic E-state index is 0.0726. The van der Waals surface area contributed by atoms with Gasteiger partial charge in [0.25, 0.3) is 11.8 Å². The number of nitrogens with one attached hydrogen (secondary N) is 1. The highest BCUT2D eigenvalue weighted by atomic mass is 16.5. The number of aromatic nitrogens is 2. The van der Waals surface area contributed by atoms with Gasteiger partial charge in [0.2, 0.25) is 0 Å². The van der Waals surface area contributed by atoms with Crippen molar-refractivity contribution in [2.75, 3.05) is 11.9 Å². The predicted molar refractivity (Wildman–Crippen MR) is 97.3 cm³/mol. The van der Waals surface area contributed by atoms with Crippen LogP contribution in [0.3, 0.4) is 0 Å². The fraction of sp³-hybridized carbons (Fsp3) is 0.333. The van der Waals surface area contributed by atoms with Crippen molar-refractivity contribution in [1.29, 1.82) is 0 Å². The van der Waals surface area contributed by atoms with Gasteiger partial charge in [0.1, 0.15) is 11.6 Å². The van der Waals surface area contributed by atoms with Crippen LogP contribution < -0.4 is 15.8 Å². The lowest BCUT2D eigenvalue weighted by atomic mass is 10.2. The molecule has 144 valence electrons. The molecule has 0 bridgehead atoms. The van der Waals surface area contributed by atoms with Crippen molar-refractivity contribution in [2.24, 2.45) is 5.73 Å². The second kappa shape index (κ2) is 8.84. The van der Waals surface area contributed by atoms with E-state index >= 15 is 0 Å². The Morgan fingerprint density at radius 1 is 1.15 bits per heavy atom. The van der Waals surface area contributed by atoms with E-state index in [0.717, 1.165) is 0 Å². The number of hydrogen-bond acceptors (Lipinski definition) is 6. The van der Waals surface area contributed by atoms with Crippen molar-refractivity contribution >= 4 is 23.6 Å². The Labute approximate surface area is 156 Å². The number of carbonyl (C=O) groups is 3. The van der Waals surface area contributed by atoms with E-state index in [9.17, 15) is 14.4 Å². The first-order chi connectivity index (χ1) is 12.8. The number of nitrogens with zero attached hydrogens (tertiary/aromatic N) is 2. The Bertz CT molecular complexity index is 813. The Kier molecular flexibility index (Phi) is 6.53. The van der Waals surface area contributed by atoms with E-state index in [-0.39, 0.29) is 18.2 Å². The molecule has 0 unspecified atom stereocenters. The summed E-state index contributed by atoms with van der Waals surface area (Å²) in [5.74, 6) is -0.812. The van der Waals surface area contributed by atoms with Crippen LogP contribution in [-0.2, 0) is 14.3 Å². The Morgan fingerprint density at radius 3 is 2.41 bits per heavy atom. The van der Waals surface area contributed by atoms with E-state index in [1.54, 1.807) is 16.9 Å². The number of hydrogen-bond donors (Lipinski definition) is 2. The SMILES string of the molecule is CC(C)n1nccc1NC(=O)[C@@H](C)OC(=O)c1ccc(OCC(N)=O)cc1. The van der Waals surface area contributed by atoms with Crippen molar-refractivity contribution in [3.8, 4) is 5.75 Å². The number of carbonyl (C=O) groups excluding carboxylic acids is 3. The molecule has 0 fully saturated rings. The fourth-order valence-corrected chi connectivity index (χ4v) is 2.18. The molecular formula is C18H22N4O5. The molecule has 0 aliphatic rings. The van der Waals surface area contributed by atoms with E-state index in [2.05, 4.69) is 10.4 Å². The lowest BCUT2D eigenvalue weighted by Crippen LogP contribution is -2.31. The first-order valence-corrected chi connectivity index (χ1v) is 8.34. The van der Waals surface area contributed by atoms with Crippen LogP contribution in [0.2, 0.25) is 0 Å². The van der Waals surface area contributed by atoms with E-state index in [4.69, 9.17) is 15.2 Å². The molecule has 0 radical (unpaired) electrons. The molecule has 2 amide bonds. The summed E-state index contributed by atoms with van der Waals surface area (Å²) in [4.78, 5) is 35.1. The van der Waals surface area contributed by atoms with Gasteiger partial charge >= 0.3 is 5.97 Å². The number of ether oxygens (including phenoxy) is 2. The first-order valence-electron chi connectivity index (χ1n) is 8.34. The highest BCUT2D eigenvalue weighted by Gasteiger charge is 2.20. The zero-order valence-electron chi connectivity index (χ0n) is 15.3. The largest absolute Gasteiger partial charge is 0.484 e. The molecule has 0 aliphatic carbocycles. The van der Waals surface area contributed by atoms with Gasteiger partial charge in [-0.25, -0.2) is 9.48 Å². The average Bonchev–Trinajstić information content (AvgIpc) is 3.08. The summed E-state index contributed by atoms with van der Waals surface area (Å²) in [7, 11) is 0. The number of amides is 2. The lowest BCUT2D eigenvalue weighted by Gasteiger charge is -2.16. The van der Waals surface area contributed by atoms with E-state index < -0.39 is 23.9 Å². The summed E-state index contributed by atoms with van der Waals surface area (Å²) in [5, 5.41) is 6.81. The van der Waals surface area contributed by atoms with Crippen molar-refractivity contribution < 1.29 is 23.9 Å². The first kappa shape index (κ1) is 20.0. The Balaban J connectivity index is 1.93. The maximum Gasteiger partial charge on any atom is 0.338 e. The van der Waals surface area contributed by atoms with Crippen LogP contribution in [-0.4, -0.2) is 40.3 Å². The standard InChI is InChI=1S/C18H22N4O5/c1-11(2)22-16(8-9-20-22)21-17(24)12(3)27-18(25)13-4-6-14(7-5-13)26-10-15(19)23/h4-9,11-12H,10H2,1-3H3,(H2,19,23)(H,21,24)/t12-/m1/s1. The molecule has 2 aromatic rings. The lowest BCUT2D eigenvalue weighted by molar-refractivity contribution is -0.123. The summed E-state index contributed by atoms with van der Waals surface area (Å²) >= 11 is 0. The third-order valence-electron chi connectivity index (χ3n) is 3.53. The minimum Gasteiger partial charge on any atom is -0.484 e. The van der Waals surface area contributed by atoms with Crippen LogP contribution in [0.4, 0.5) is 5.82 Å². The fourth-order valence-electron chi connectivity index (χ4n) is 2.18. The smallest absolute Gasteiger partial charge is 0.338 e. The van der Waals surface area contributed by atoms with Gasteiger partial charge in [-0.2, -0.15) is 5.10 Å². The van der Waals surface area contributed by atoms with Gasteiger partial charge in [0.15, 0.2) is 12.7 Å². The third kappa shape index (κ3) is 5.56. The van der Waals surface area contributed by atoms with Gasteiger partial charge in [-0.05, 0) is 45.0 Å². The van der Waals surface area contributed by atoms with Gasteiger partial charge in [0, 0.05) is 12.1 Å². The predicted octanol–water partition coefficient (Wildman–Crippen LogP) is 1.51. The summed E-state index contributed by atoms with van der Waals surface area (Å²) < 4.78 is 12.0. The van der Waals surface area contributed by atoms with Crippen LogP contribution in [0, 0.1) is 0 Å². The van der Waals surface area contributed by atoms with E-state index in [1.165, 1.54) is 31.2 Å². The Hall–Kier alpha value is -3.36. The van der Waals surface area contributed by atoms with Crippen LogP contribution in [0.1, 0.15) is 37.2 Å². The van der Waals surface area contributed by atoms with E-state index in [0.29, 0.717) is 11.6 Å². The van der Waals surface area contributed by atoms with Crippen molar-refractivity contribution in [1.82, 2.24) is 9.78 Å². The Morgan fingerprint density at radius 2 is 1.81 bits per heavy atom. The molecule has 1 aromatic heterocycles. The molecule has 0 spiro atoms. The second-order valence-electron chi connectivity index (χ2n) is 6.07. The molecule has 2 rings (SSSR count). The summed E-state index contributed by atoms with van der Waals surface area (Å²) in [6, 6.07) is 7.69. The monoisotopic (exact) mass is 374 g/mol. The number of rotatable bonds is 8. The molecule has 1 aromatic carbocycles. The molecule has 1 heterocycles. The third-order valence-corrected chi connectivity index (χ3v) is 3.53. The second-order valence-corrected chi connectivity index (χ2v) is 6.07. The van der Waals surface area contributed by atoms with Gasteiger partial charge in [0.05, 0.1) is 11.8 Å². The topological polar surface area (TPSA) is 126 Å². The highest BCUT2D eigenvalue weighted by Crippen LogP contribution is 2.15. The molecule has 9 heteroatoms. The maximum absolute atomic E-state index is 12.3. The van der Waals surface area contributed by atoms with Crippen LogP contribution in [0.15, 0.2) is 36.5 Å². The average molecular weight is 374 g/mol. The number of benzene rings is 1. The van der Waals surface area contributed by atoms with Crippen molar-refractivity contribution in [3.05, 3.63) is 42.1 Å². The molecule has 3 N–H and O–H groups in total. The normalized spacial score (nSPS) is 11.7. The molecule has 1 atom stereocenters. The minimum atomic E-state index is -1.00. The molecule has 0 saturated carbocycles. The molecule has 9 nitrogen and oxygen atoms in total. The molecular weight excluding hydrogens is 352 g/mol. The van der Waals surface area contributed by atoms with E-state index in [1.807, 2.05) is 13.8 Å². The van der Waals surface area contributed by atoms with Gasteiger partial charge in [-0.3, -0.25) is 9.59 Å². The maximum atomic E-state index is 12.3. The quantitative estimate of drug-likeness (QED) is 0.675. The zero-order chi connectivity index (χ0) is 20.0. The van der Waals surface area contributed by atoms with Gasteiger partial charge in [-0.1, -0.05) is 0 Å². The summed E-state index contributed by atoms with van der Waals surface area (Å²) in [6.45, 7) is 5.09. The molecule has 0 saturated heterocycles. The van der Waals surface area contributed by atoms with Crippen LogP contribution in [0.5, 0.6) is 5.75 Å². The van der Waals surface area contributed by atoms with Gasteiger partial charge in [-0.15, -0.1) is 0 Å². The molecule has 0 aliphatic heterocycles. The number of anilines is 1. The van der Waals surface area contributed by atoms with Crippen molar-refractivity contribution in [2.45, 2.75) is 32.9 Å². The zero-order valence-corrected chi connectivity index (χ0v) is 15.3. The van der Waals surface area contributed by atoms with Crippen LogP contribution in [0.25, 0.3) is 0 Å². The van der Waals surface area contributed by atoms with Crippen molar-refractivity contribution in [3.63, 3.8) is 0 Å². The number of esters is 1. The molecule has 27 heavy (non-hydrogen) atoms. The summed E-state index contributed by atoms with van der Waals surface area (Å²) in [6.07, 6.45) is 0.576. The number of primary amides is 1. The van der Waals surface area contributed by atoms with Crippen LogP contribution >= 0.6 is 0 Å². The highest BCUT2D eigenvalue weighted by molar-refractivity contribution is 5.96. The van der Waals surface area contributed by atoms with Gasteiger partial charge < -0.3 is 20.5 Å². The summed E-state index contributed by atoms with van der Waals surface area (Å²) in [5.41, 5.74) is 5.24. The number of nitrogens with two attached hydrogens (primary N) is 1.